The quantitative estimate of drug-likeness (QED) is 0.342. The molecule has 8 heteroatoms. The van der Waals surface area contributed by atoms with Crippen LogP contribution in [0.1, 0.15) is 6.42 Å². The van der Waals surface area contributed by atoms with E-state index in [1.807, 2.05) is 60.7 Å². The van der Waals surface area contributed by atoms with Crippen molar-refractivity contribution in [2.75, 3.05) is 50.9 Å². The maximum absolute atomic E-state index is 13.3. The third-order valence-corrected chi connectivity index (χ3v) is 6.92. The number of anilines is 1. The Morgan fingerprint density at radius 1 is 1.03 bits per heavy atom. The van der Waals surface area contributed by atoms with Gasteiger partial charge in [0.05, 0.1) is 23.4 Å². The lowest BCUT2D eigenvalue weighted by atomic mass is 10.1. The van der Waals surface area contributed by atoms with Crippen molar-refractivity contribution < 1.29 is 14.3 Å². The van der Waals surface area contributed by atoms with E-state index in [9.17, 15) is 4.79 Å². The predicted molar refractivity (Wildman–Crippen MR) is 141 cm³/mol. The van der Waals surface area contributed by atoms with Crippen LogP contribution in [0, 0.1) is 0 Å². The molecule has 34 heavy (non-hydrogen) atoms. The first kappa shape index (κ1) is 24.4. The molecule has 0 atom stereocenters. The Kier molecular flexibility index (Phi) is 8.34. The highest BCUT2D eigenvalue weighted by Crippen LogP contribution is 2.29. The van der Waals surface area contributed by atoms with E-state index in [4.69, 9.17) is 14.5 Å². The number of nitrogens with zero attached hydrogens (tertiary/aromatic N) is 3. The van der Waals surface area contributed by atoms with Gasteiger partial charge in [0.15, 0.2) is 11.7 Å². The van der Waals surface area contributed by atoms with Crippen LogP contribution in [0.5, 0.6) is 5.75 Å². The molecule has 0 radical (unpaired) electrons. The van der Waals surface area contributed by atoms with Gasteiger partial charge in [-0.15, -0.1) is 12.4 Å². The Hall–Kier alpha value is -2.71. The van der Waals surface area contributed by atoms with Crippen LogP contribution in [-0.4, -0.2) is 61.8 Å². The molecule has 1 aliphatic rings. The number of rotatable bonds is 8. The van der Waals surface area contributed by atoms with E-state index in [2.05, 4.69) is 11.0 Å². The molecular formula is C26H28ClN3O3S. The van der Waals surface area contributed by atoms with Gasteiger partial charge in [0, 0.05) is 26.2 Å². The molecule has 1 amide bonds. The average molecular weight is 498 g/mol. The second-order valence-electron chi connectivity index (χ2n) is 8.11. The summed E-state index contributed by atoms with van der Waals surface area (Å²) in [7, 11) is 0. The molecule has 4 aromatic rings. The summed E-state index contributed by atoms with van der Waals surface area (Å²) in [6.07, 6.45) is 0.873. The predicted octanol–water partition coefficient (Wildman–Crippen LogP) is 5.01. The maximum Gasteiger partial charge on any atom is 0.266 e. The van der Waals surface area contributed by atoms with Crippen LogP contribution in [0.15, 0.2) is 66.7 Å². The summed E-state index contributed by atoms with van der Waals surface area (Å²) >= 11 is 1.55. The summed E-state index contributed by atoms with van der Waals surface area (Å²) < 4.78 is 12.4. The van der Waals surface area contributed by atoms with Crippen LogP contribution >= 0.6 is 23.7 Å². The SMILES string of the molecule is Cl.O=C(COc1ccc2ccccc2c1)N(CCCN1CCOCC1)c1nc2ccccc2s1. The van der Waals surface area contributed by atoms with Gasteiger partial charge in [-0.05, 0) is 41.5 Å². The highest BCUT2D eigenvalue weighted by molar-refractivity contribution is 7.22. The van der Waals surface area contributed by atoms with Gasteiger partial charge in [-0.2, -0.15) is 0 Å². The number of carbonyl (C=O) groups is 1. The highest BCUT2D eigenvalue weighted by atomic mass is 35.5. The molecular weight excluding hydrogens is 470 g/mol. The largest absolute Gasteiger partial charge is 0.484 e. The molecule has 0 N–H and O–H groups in total. The van der Waals surface area contributed by atoms with Gasteiger partial charge in [-0.1, -0.05) is 53.8 Å². The second kappa shape index (κ2) is 11.6. The zero-order valence-electron chi connectivity index (χ0n) is 18.9. The summed E-state index contributed by atoms with van der Waals surface area (Å²) in [5.74, 6) is 0.615. The van der Waals surface area contributed by atoms with E-state index in [0.717, 1.165) is 65.4 Å². The van der Waals surface area contributed by atoms with Crippen molar-refractivity contribution in [2.45, 2.75) is 6.42 Å². The van der Waals surface area contributed by atoms with Crippen molar-refractivity contribution in [3.8, 4) is 5.75 Å². The van der Waals surface area contributed by atoms with E-state index >= 15 is 0 Å². The molecule has 2 heterocycles. The van der Waals surface area contributed by atoms with Crippen LogP contribution in [0.3, 0.4) is 0 Å². The van der Waals surface area contributed by atoms with E-state index in [-0.39, 0.29) is 24.9 Å². The molecule has 0 saturated carbocycles. The number of benzene rings is 3. The lowest BCUT2D eigenvalue weighted by Gasteiger charge is -2.27. The van der Waals surface area contributed by atoms with Crippen LogP contribution in [-0.2, 0) is 9.53 Å². The molecule has 0 spiro atoms. The Labute approximate surface area is 209 Å². The van der Waals surface area contributed by atoms with Crippen molar-refractivity contribution in [2.24, 2.45) is 0 Å². The van der Waals surface area contributed by atoms with Crippen molar-refractivity contribution in [1.82, 2.24) is 9.88 Å². The Morgan fingerprint density at radius 3 is 2.62 bits per heavy atom. The minimum Gasteiger partial charge on any atom is -0.484 e. The fraction of sp³-hybridized carbons (Fsp3) is 0.308. The second-order valence-corrected chi connectivity index (χ2v) is 9.12. The normalized spacial score (nSPS) is 14.1. The number of carbonyl (C=O) groups excluding carboxylic acids is 1. The van der Waals surface area contributed by atoms with Crippen molar-refractivity contribution in [3.63, 3.8) is 0 Å². The topological polar surface area (TPSA) is 54.9 Å². The number of para-hydroxylation sites is 1. The number of fused-ring (bicyclic) bond motifs is 2. The van der Waals surface area contributed by atoms with Gasteiger partial charge >= 0.3 is 0 Å². The smallest absolute Gasteiger partial charge is 0.266 e. The van der Waals surface area contributed by atoms with Gasteiger partial charge in [0.25, 0.3) is 5.91 Å². The number of ether oxygens (including phenoxy) is 2. The third kappa shape index (κ3) is 5.85. The summed E-state index contributed by atoms with van der Waals surface area (Å²) in [4.78, 5) is 22.2. The van der Waals surface area contributed by atoms with E-state index in [0.29, 0.717) is 12.3 Å². The fourth-order valence-corrected chi connectivity index (χ4v) is 5.07. The number of hydrogen-bond donors (Lipinski definition) is 0. The van der Waals surface area contributed by atoms with E-state index in [1.54, 1.807) is 16.2 Å². The summed E-state index contributed by atoms with van der Waals surface area (Å²) in [6.45, 7) is 4.97. The number of thiazole rings is 1. The summed E-state index contributed by atoms with van der Waals surface area (Å²) in [6, 6.07) is 22.0. The minimum absolute atomic E-state index is 0. The molecule has 0 bridgehead atoms. The zero-order valence-corrected chi connectivity index (χ0v) is 20.5. The van der Waals surface area contributed by atoms with E-state index in [1.165, 1.54) is 0 Å². The van der Waals surface area contributed by atoms with Gasteiger partial charge in [-0.3, -0.25) is 14.6 Å². The Balaban J connectivity index is 0.00000274. The standard InChI is InChI=1S/C26H27N3O3S.ClH/c30-25(19-32-22-11-10-20-6-1-2-7-21(20)18-22)29(13-5-12-28-14-16-31-17-15-28)26-27-23-8-3-4-9-24(23)33-26;/h1-4,6-11,18H,5,12-17,19H2;1H. The summed E-state index contributed by atoms with van der Waals surface area (Å²) in [5.41, 5.74) is 0.916. The van der Waals surface area contributed by atoms with Crippen LogP contribution in [0.25, 0.3) is 21.0 Å². The minimum atomic E-state index is -0.0795. The first-order valence-corrected chi connectivity index (χ1v) is 12.2. The molecule has 0 unspecified atom stereocenters. The molecule has 1 aromatic heterocycles. The number of halogens is 1. The fourth-order valence-electron chi connectivity index (χ4n) is 4.06. The average Bonchev–Trinajstić information content (AvgIpc) is 3.29. The molecule has 1 saturated heterocycles. The molecule has 6 nitrogen and oxygen atoms in total. The van der Waals surface area contributed by atoms with Gasteiger partial charge < -0.3 is 9.47 Å². The molecule has 0 aliphatic carbocycles. The molecule has 5 rings (SSSR count). The van der Waals surface area contributed by atoms with E-state index < -0.39 is 0 Å². The molecule has 3 aromatic carbocycles. The van der Waals surface area contributed by atoms with Crippen molar-refractivity contribution in [3.05, 3.63) is 66.7 Å². The van der Waals surface area contributed by atoms with Crippen molar-refractivity contribution in [1.29, 1.82) is 0 Å². The third-order valence-electron chi connectivity index (χ3n) is 5.86. The Morgan fingerprint density at radius 2 is 1.79 bits per heavy atom. The van der Waals surface area contributed by atoms with Gasteiger partial charge in [-0.25, -0.2) is 4.98 Å². The lowest BCUT2D eigenvalue weighted by molar-refractivity contribution is -0.120. The monoisotopic (exact) mass is 497 g/mol. The summed E-state index contributed by atoms with van der Waals surface area (Å²) in [5, 5.41) is 2.97. The van der Waals surface area contributed by atoms with Crippen LogP contribution in [0.4, 0.5) is 5.13 Å². The van der Waals surface area contributed by atoms with Gasteiger partial charge in [0.2, 0.25) is 0 Å². The van der Waals surface area contributed by atoms with Crippen LogP contribution < -0.4 is 9.64 Å². The number of aromatic nitrogens is 1. The number of morpholine rings is 1. The Bertz CT molecular complexity index is 1210. The maximum atomic E-state index is 13.3. The highest BCUT2D eigenvalue weighted by Gasteiger charge is 2.21. The first-order chi connectivity index (χ1) is 16.3. The first-order valence-electron chi connectivity index (χ1n) is 11.3. The molecule has 1 aliphatic heterocycles. The number of hydrogen-bond acceptors (Lipinski definition) is 6. The number of amides is 1. The lowest BCUT2D eigenvalue weighted by Crippen LogP contribution is -2.40. The van der Waals surface area contributed by atoms with Gasteiger partial charge in [0.1, 0.15) is 5.75 Å². The molecule has 178 valence electrons. The van der Waals surface area contributed by atoms with Crippen LogP contribution in [0.2, 0.25) is 0 Å². The van der Waals surface area contributed by atoms with Crippen molar-refractivity contribution >= 4 is 55.8 Å². The molecule has 1 fully saturated rings. The zero-order chi connectivity index (χ0) is 22.5.